The predicted molar refractivity (Wildman–Crippen MR) is 91.5 cm³/mol. The van der Waals surface area contributed by atoms with E-state index < -0.39 is 0 Å². The zero-order chi connectivity index (χ0) is 15.4. The van der Waals surface area contributed by atoms with Gasteiger partial charge in [0.1, 0.15) is 0 Å². The van der Waals surface area contributed by atoms with E-state index in [1.807, 2.05) is 0 Å². The average molecular weight is 288 g/mol. The van der Waals surface area contributed by atoms with Crippen molar-refractivity contribution < 1.29 is 0 Å². The third-order valence-electron chi connectivity index (χ3n) is 5.33. The summed E-state index contributed by atoms with van der Waals surface area (Å²) in [6, 6.07) is 7.47. The molecule has 2 rings (SSSR count). The Kier molecular flexibility index (Phi) is 5.83. The number of hydrogen-bond acceptors (Lipinski definition) is 2. The van der Waals surface area contributed by atoms with Crippen molar-refractivity contribution >= 4 is 0 Å². The number of benzene rings is 1. The van der Waals surface area contributed by atoms with Gasteiger partial charge in [-0.25, -0.2) is 0 Å². The first kappa shape index (κ1) is 16.5. The van der Waals surface area contributed by atoms with Crippen LogP contribution < -0.4 is 5.73 Å². The average Bonchev–Trinajstić information content (AvgIpc) is 2.47. The van der Waals surface area contributed by atoms with Gasteiger partial charge in [-0.05, 0) is 63.6 Å². The minimum atomic E-state index is 0.125. The maximum Gasteiger partial charge on any atom is 0.0426 e. The third kappa shape index (κ3) is 4.31. The zero-order valence-corrected chi connectivity index (χ0v) is 14.2. The zero-order valence-electron chi connectivity index (χ0n) is 14.2. The van der Waals surface area contributed by atoms with E-state index >= 15 is 0 Å². The van der Waals surface area contributed by atoms with Crippen LogP contribution in [-0.4, -0.2) is 24.5 Å². The molecule has 0 aliphatic heterocycles. The number of nitrogens with zero attached hydrogens (tertiary/aromatic N) is 1. The van der Waals surface area contributed by atoms with Crippen LogP contribution in [0.4, 0.5) is 0 Å². The summed E-state index contributed by atoms with van der Waals surface area (Å²) in [7, 11) is 2.25. The van der Waals surface area contributed by atoms with Crippen LogP contribution in [0.5, 0.6) is 0 Å². The van der Waals surface area contributed by atoms with E-state index in [4.69, 9.17) is 5.73 Å². The summed E-state index contributed by atoms with van der Waals surface area (Å²) >= 11 is 0. The molecule has 2 N–H and O–H groups in total. The Hall–Kier alpha value is -0.860. The molecule has 1 aliphatic rings. The minimum Gasteiger partial charge on any atom is -0.323 e. The number of likely N-dealkylation sites (N-methyl/N-ethyl adjacent to an activating group) is 1. The summed E-state index contributed by atoms with van der Waals surface area (Å²) < 4.78 is 0. The highest BCUT2D eigenvalue weighted by Crippen LogP contribution is 2.29. The van der Waals surface area contributed by atoms with E-state index in [1.54, 1.807) is 0 Å². The Morgan fingerprint density at radius 3 is 2.43 bits per heavy atom. The van der Waals surface area contributed by atoms with E-state index in [2.05, 4.69) is 50.9 Å². The second-order valence-corrected chi connectivity index (χ2v) is 6.99. The van der Waals surface area contributed by atoms with Gasteiger partial charge in [-0.2, -0.15) is 0 Å². The maximum absolute atomic E-state index is 6.47. The van der Waals surface area contributed by atoms with Crippen LogP contribution in [0.3, 0.4) is 0 Å². The van der Waals surface area contributed by atoms with E-state index in [9.17, 15) is 0 Å². The van der Waals surface area contributed by atoms with Crippen molar-refractivity contribution in [2.45, 2.75) is 65.0 Å². The fraction of sp³-hybridized carbons (Fsp3) is 0.684. The largest absolute Gasteiger partial charge is 0.323 e. The van der Waals surface area contributed by atoms with Crippen molar-refractivity contribution in [1.29, 1.82) is 0 Å². The van der Waals surface area contributed by atoms with Gasteiger partial charge in [0.2, 0.25) is 0 Å². The summed E-state index contributed by atoms with van der Waals surface area (Å²) in [5.41, 5.74) is 10.4. The monoisotopic (exact) mass is 288 g/mol. The van der Waals surface area contributed by atoms with Crippen LogP contribution in [0.15, 0.2) is 18.2 Å². The van der Waals surface area contributed by atoms with Crippen molar-refractivity contribution in [1.82, 2.24) is 4.90 Å². The standard InChI is InChI=1S/C19H32N2/c1-5-16-7-9-17(10-8-16)21(4)13-19(20)18-11-6-14(2)12-15(18)3/h6,11-12,16-17,19H,5,7-10,13,20H2,1-4H3. The lowest BCUT2D eigenvalue weighted by Crippen LogP contribution is -2.39. The number of hydrogen-bond donors (Lipinski definition) is 1. The smallest absolute Gasteiger partial charge is 0.0426 e. The van der Waals surface area contributed by atoms with Crippen molar-refractivity contribution in [3.8, 4) is 0 Å². The molecule has 0 spiro atoms. The Morgan fingerprint density at radius 2 is 1.86 bits per heavy atom. The lowest BCUT2D eigenvalue weighted by molar-refractivity contribution is 0.156. The molecular formula is C19H32N2. The molecule has 1 fully saturated rings. The van der Waals surface area contributed by atoms with Crippen molar-refractivity contribution in [3.63, 3.8) is 0 Å². The Balaban J connectivity index is 1.91. The summed E-state index contributed by atoms with van der Waals surface area (Å²) in [6.07, 6.45) is 6.82. The van der Waals surface area contributed by atoms with Crippen LogP contribution >= 0.6 is 0 Å². The molecule has 2 nitrogen and oxygen atoms in total. The van der Waals surface area contributed by atoms with Crippen LogP contribution in [0, 0.1) is 19.8 Å². The lowest BCUT2D eigenvalue weighted by Gasteiger charge is -2.35. The predicted octanol–water partition coefficient (Wildman–Crippen LogP) is 4.20. The highest BCUT2D eigenvalue weighted by atomic mass is 15.1. The molecule has 1 unspecified atom stereocenters. The van der Waals surface area contributed by atoms with Crippen LogP contribution in [-0.2, 0) is 0 Å². The summed E-state index contributed by atoms with van der Waals surface area (Å²) in [5, 5.41) is 0. The first-order chi connectivity index (χ1) is 10.0. The van der Waals surface area contributed by atoms with Gasteiger partial charge in [-0.15, -0.1) is 0 Å². The van der Waals surface area contributed by atoms with Gasteiger partial charge in [-0.1, -0.05) is 37.1 Å². The molecule has 1 atom stereocenters. The molecule has 0 bridgehead atoms. The van der Waals surface area contributed by atoms with E-state index in [0.717, 1.165) is 18.5 Å². The number of rotatable bonds is 5. The quantitative estimate of drug-likeness (QED) is 0.879. The van der Waals surface area contributed by atoms with E-state index in [1.165, 1.54) is 48.8 Å². The van der Waals surface area contributed by atoms with Crippen LogP contribution in [0.1, 0.15) is 61.8 Å². The van der Waals surface area contributed by atoms with Gasteiger partial charge < -0.3 is 10.6 Å². The van der Waals surface area contributed by atoms with Crippen LogP contribution in [0.2, 0.25) is 0 Å². The van der Waals surface area contributed by atoms with E-state index in [0.29, 0.717) is 0 Å². The minimum absolute atomic E-state index is 0.125. The van der Waals surface area contributed by atoms with Gasteiger partial charge >= 0.3 is 0 Å². The molecule has 118 valence electrons. The highest BCUT2D eigenvalue weighted by molar-refractivity contribution is 5.32. The van der Waals surface area contributed by atoms with Gasteiger partial charge in [0.05, 0.1) is 0 Å². The second kappa shape index (κ2) is 7.42. The summed E-state index contributed by atoms with van der Waals surface area (Å²) in [5.74, 6) is 0.961. The number of aryl methyl sites for hydroxylation is 2. The molecule has 1 aromatic rings. The van der Waals surface area contributed by atoms with Gasteiger partial charge in [-0.3, -0.25) is 0 Å². The summed E-state index contributed by atoms with van der Waals surface area (Å²) in [6.45, 7) is 7.60. The molecule has 0 amide bonds. The molecular weight excluding hydrogens is 256 g/mol. The normalized spacial score (nSPS) is 24.3. The highest BCUT2D eigenvalue weighted by Gasteiger charge is 2.24. The first-order valence-electron chi connectivity index (χ1n) is 8.54. The van der Waals surface area contributed by atoms with Gasteiger partial charge in [0.15, 0.2) is 0 Å². The third-order valence-corrected chi connectivity index (χ3v) is 5.33. The molecule has 0 saturated heterocycles. The first-order valence-corrected chi connectivity index (χ1v) is 8.54. The fourth-order valence-electron chi connectivity index (χ4n) is 3.79. The van der Waals surface area contributed by atoms with Crippen molar-refractivity contribution in [3.05, 3.63) is 34.9 Å². The maximum atomic E-state index is 6.47. The van der Waals surface area contributed by atoms with Crippen molar-refractivity contribution in [2.24, 2.45) is 11.7 Å². The molecule has 0 radical (unpaired) electrons. The molecule has 1 saturated carbocycles. The molecule has 0 heterocycles. The SMILES string of the molecule is CCC1CCC(N(C)CC(N)c2ccc(C)cc2C)CC1. The Bertz CT molecular complexity index is 447. The van der Waals surface area contributed by atoms with Gasteiger partial charge in [0, 0.05) is 18.6 Å². The van der Waals surface area contributed by atoms with E-state index in [-0.39, 0.29) is 6.04 Å². The molecule has 21 heavy (non-hydrogen) atoms. The second-order valence-electron chi connectivity index (χ2n) is 6.99. The topological polar surface area (TPSA) is 29.3 Å². The Morgan fingerprint density at radius 1 is 1.19 bits per heavy atom. The van der Waals surface area contributed by atoms with Crippen LogP contribution in [0.25, 0.3) is 0 Å². The summed E-state index contributed by atoms with van der Waals surface area (Å²) in [4.78, 5) is 2.50. The van der Waals surface area contributed by atoms with Gasteiger partial charge in [0.25, 0.3) is 0 Å². The fourth-order valence-corrected chi connectivity index (χ4v) is 3.79. The molecule has 1 aromatic carbocycles. The molecule has 1 aliphatic carbocycles. The molecule has 2 heteroatoms. The lowest BCUT2D eigenvalue weighted by atomic mass is 9.84. The van der Waals surface area contributed by atoms with Crippen molar-refractivity contribution in [2.75, 3.05) is 13.6 Å². The molecule has 0 aromatic heterocycles. The Labute approximate surface area is 130 Å². The number of nitrogens with two attached hydrogens (primary N) is 1.